The van der Waals surface area contributed by atoms with E-state index in [-0.39, 0.29) is 15.8 Å². The number of ketones is 1. The molecule has 26 heavy (non-hydrogen) atoms. The maximum atomic E-state index is 12.6. The molecule has 0 aliphatic heterocycles. The number of alkyl halides is 3. The summed E-state index contributed by atoms with van der Waals surface area (Å²) in [4.78, 5) is 27.3. The van der Waals surface area contributed by atoms with E-state index in [0.29, 0.717) is 17.4 Å². The van der Waals surface area contributed by atoms with Crippen molar-refractivity contribution < 1.29 is 22.8 Å². The van der Waals surface area contributed by atoms with E-state index in [0.717, 1.165) is 17.8 Å². The summed E-state index contributed by atoms with van der Waals surface area (Å²) >= 11 is 6.79. The first-order valence-electron chi connectivity index (χ1n) is 7.39. The molecule has 2 aromatic rings. The van der Waals surface area contributed by atoms with Crippen LogP contribution in [-0.4, -0.2) is 21.9 Å². The van der Waals surface area contributed by atoms with Gasteiger partial charge in [-0.3, -0.25) is 9.59 Å². The van der Waals surface area contributed by atoms with E-state index in [1.165, 1.54) is 6.92 Å². The van der Waals surface area contributed by atoms with Crippen LogP contribution in [0.25, 0.3) is 0 Å². The van der Waals surface area contributed by atoms with Crippen molar-refractivity contribution in [3.05, 3.63) is 52.7 Å². The number of pyridine rings is 1. The van der Waals surface area contributed by atoms with Gasteiger partial charge in [-0.2, -0.15) is 13.2 Å². The SMILES string of the molecule is CC(=O)c1cccc(NC(=O)[C@@H](C)Sc2ncc(C(F)(F)F)cc2Cl)c1. The van der Waals surface area contributed by atoms with Gasteiger partial charge in [0.2, 0.25) is 5.91 Å². The van der Waals surface area contributed by atoms with Gasteiger partial charge in [0.05, 0.1) is 15.8 Å². The van der Waals surface area contributed by atoms with Gasteiger partial charge < -0.3 is 5.32 Å². The number of benzene rings is 1. The van der Waals surface area contributed by atoms with Crippen LogP contribution in [0.5, 0.6) is 0 Å². The van der Waals surface area contributed by atoms with Crippen molar-refractivity contribution in [1.29, 1.82) is 0 Å². The molecular weight excluding hydrogens is 389 g/mol. The Morgan fingerprint density at radius 2 is 1.96 bits per heavy atom. The fraction of sp³-hybridized carbons (Fsp3) is 0.235. The number of carbonyl (C=O) groups is 2. The van der Waals surface area contributed by atoms with Crippen LogP contribution in [0.2, 0.25) is 5.02 Å². The fourth-order valence-corrected chi connectivity index (χ4v) is 3.03. The summed E-state index contributed by atoms with van der Waals surface area (Å²) in [6, 6.07) is 7.21. The highest BCUT2D eigenvalue weighted by molar-refractivity contribution is 8.00. The molecule has 0 aliphatic carbocycles. The Labute approximate surface area is 157 Å². The van der Waals surface area contributed by atoms with Crippen molar-refractivity contribution in [1.82, 2.24) is 4.98 Å². The average molecular weight is 403 g/mol. The van der Waals surface area contributed by atoms with Crippen molar-refractivity contribution in [2.24, 2.45) is 0 Å². The number of thioether (sulfide) groups is 1. The highest BCUT2D eigenvalue weighted by Crippen LogP contribution is 2.35. The van der Waals surface area contributed by atoms with Gasteiger partial charge in [-0.1, -0.05) is 35.5 Å². The van der Waals surface area contributed by atoms with E-state index < -0.39 is 22.9 Å². The Morgan fingerprint density at radius 3 is 2.54 bits per heavy atom. The molecule has 0 spiro atoms. The largest absolute Gasteiger partial charge is 0.417 e. The predicted octanol–water partition coefficient (Wildman–Crippen LogP) is 5.08. The number of aromatic nitrogens is 1. The van der Waals surface area contributed by atoms with Crippen LogP contribution in [0.1, 0.15) is 29.8 Å². The molecule has 1 N–H and O–H groups in total. The molecule has 0 aliphatic rings. The molecule has 9 heteroatoms. The molecule has 2 rings (SSSR count). The number of amides is 1. The number of Topliss-reactive ketones (excluding diaryl/α,β-unsaturated/α-hetero) is 1. The monoisotopic (exact) mass is 402 g/mol. The van der Waals surface area contributed by atoms with E-state index in [2.05, 4.69) is 10.3 Å². The van der Waals surface area contributed by atoms with Crippen LogP contribution in [0.4, 0.5) is 18.9 Å². The fourth-order valence-electron chi connectivity index (χ4n) is 1.95. The molecule has 0 saturated heterocycles. The van der Waals surface area contributed by atoms with Gasteiger partial charge in [-0.25, -0.2) is 4.98 Å². The lowest BCUT2D eigenvalue weighted by Gasteiger charge is -2.14. The predicted molar refractivity (Wildman–Crippen MR) is 94.6 cm³/mol. The minimum Gasteiger partial charge on any atom is -0.325 e. The summed E-state index contributed by atoms with van der Waals surface area (Å²) in [7, 11) is 0. The summed E-state index contributed by atoms with van der Waals surface area (Å²) in [6.45, 7) is 2.99. The first-order chi connectivity index (χ1) is 12.1. The summed E-state index contributed by atoms with van der Waals surface area (Å²) in [5.74, 6) is -0.530. The molecular formula is C17H14ClF3N2O2S. The van der Waals surface area contributed by atoms with Crippen molar-refractivity contribution in [2.45, 2.75) is 30.3 Å². The van der Waals surface area contributed by atoms with Crippen LogP contribution in [-0.2, 0) is 11.0 Å². The third-order valence-corrected chi connectivity index (χ3v) is 4.85. The van der Waals surface area contributed by atoms with Crippen molar-refractivity contribution >= 4 is 40.7 Å². The number of hydrogen-bond donors (Lipinski definition) is 1. The molecule has 138 valence electrons. The van der Waals surface area contributed by atoms with Gasteiger partial charge in [-0.05, 0) is 32.0 Å². The number of nitrogens with zero attached hydrogens (tertiary/aromatic N) is 1. The maximum absolute atomic E-state index is 12.6. The van der Waals surface area contributed by atoms with E-state index in [9.17, 15) is 22.8 Å². The Morgan fingerprint density at radius 1 is 1.27 bits per heavy atom. The Hall–Kier alpha value is -2.06. The molecule has 0 fully saturated rings. The number of hydrogen-bond acceptors (Lipinski definition) is 4. The highest BCUT2D eigenvalue weighted by Gasteiger charge is 2.32. The van der Waals surface area contributed by atoms with Gasteiger partial charge in [0.1, 0.15) is 5.03 Å². The lowest BCUT2D eigenvalue weighted by Crippen LogP contribution is -2.22. The summed E-state index contributed by atoms with van der Waals surface area (Å²) in [5, 5.41) is 1.93. The molecule has 1 aromatic carbocycles. The third-order valence-electron chi connectivity index (χ3n) is 3.33. The van der Waals surface area contributed by atoms with Crippen LogP contribution < -0.4 is 5.32 Å². The van der Waals surface area contributed by atoms with Gasteiger partial charge in [0.25, 0.3) is 0 Å². The highest BCUT2D eigenvalue weighted by atomic mass is 35.5. The van der Waals surface area contributed by atoms with Crippen LogP contribution in [0, 0.1) is 0 Å². The molecule has 1 amide bonds. The lowest BCUT2D eigenvalue weighted by atomic mass is 10.1. The molecule has 0 unspecified atom stereocenters. The quantitative estimate of drug-likeness (QED) is 0.560. The number of carbonyl (C=O) groups excluding carboxylic acids is 2. The van der Waals surface area contributed by atoms with Gasteiger partial charge in [0, 0.05) is 17.4 Å². The number of anilines is 1. The minimum atomic E-state index is -4.54. The second-order valence-electron chi connectivity index (χ2n) is 5.40. The van der Waals surface area contributed by atoms with Gasteiger partial charge >= 0.3 is 6.18 Å². The zero-order valence-corrected chi connectivity index (χ0v) is 15.3. The van der Waals surface area contributed by atoms with Crippen LogP contribution >= 0.6 is 23.4 Å². The number of halogens is 4. The summed E-state index contributed by atoms with van der Waals surface area (Å²) < 4.78 is 37.9. The smallest absolute Gasteiger partial charge is 0.325 e. The summed E-state index contributed by atoms with van der Waals surface area (Å²) in [6.07, 6.45) is -3.86. The Bertz CT molecular complexity index is 843. The molecule has 4 nitrogen and oxygen atoms in total. The van der Waals surface area contributed by atoms with E-state index in [4.69, 9.17) is 11.6 Å². The average Bonchev–Trinajstić information content (AvgIpc) is 2.55. The first-order valence-corrected chi connectivity index (χ1v) is 8.65. The van der Waals surface area contributed by atoms with Crippen molar-refractivity contribution in [2.75, 3.05) is 5.32 Å². The zero-order chi connectivity index (χ0) is 19.5. The minimum absolute atomic E-state index is 0.125. The molecule has 1 heterocycles. The van der Waals surface area contributed by atoms with Crippen LogP contribution in [0.3, 0.4) is 0 Å². The number of rotatable bonds is 5. The standard InChI is InChI=1S/C17H14ClF3N2O2S/c1-9(24)11-4-3-5-13(6-11)23-15(25)10(2)26-16-14(18)7-12(8-22-16)17(19,20)21/h3-8,10H,1-2H3,(H,23,25)/t10-/m1/s1. The topological polar surface area (TPSA) is 59.1 Å². The lowest BCUT2D eigenvalue weighted by molar-refractivity contribution is -0.137. The molecule has 1 atom stereocenters. The molecule has 1 aromatic heterocycles. The second-order valence-corrected chi connectivity index (χ2v) is 7.13. The second kappa shape index (κ2) is 8.09. The van der Waals surface area contributed by atoms with Crippen molar-refractivity contribution in [3.8, 4) is 0 Å². The van der Waals surface area contributed by atoms with Crippen molar-refractivity contribution in [3.63, 3.8) is 0 Å². The summed E-state index contributed by atoms with van der Waals surface area (Å²) in [5.41, 5.74) is -0.0535. The third kappa shape index (κ3) is 5.22. The molecule has 0 saturated carbocycles. The Balaban J connectivity index is 2.07. The van der Waals surface area contributed by atoms with Crippen LogP contribution in [0.15, 0.2) is 41.6 Å². The van der Waals surface area contributed by atoms with Gasteiger partial charge in [-0.15, -0.1) is 0 Å². The zero-order valence-electron chi connectivity index (χ0n) is 13.7. The maximum Gasteiger partial charge on any atom is 0.417 e. The normalized spacial score (nSPS) is 12.5. The Kier molecular flexibility index (Phi) is 6.30. The molecule has 0 bridgehead atoms. The molecule has 0 radical (unpaired) electrons. The van der Waals surface area contributed by atoms with E-state index >= 15 is 0 Å². The van der Waals surface area contributed by atoms with E-state index in [1.807, 2.05) is 0 Å². The number of nitrogens with one attached hydrogen (secondary N) is 1. The first kappa shape index (κ1) is 20.3. The van der Waals surface area contributed by atoms with E-state index in [1.54, 1.807) is 31.2 Å². The van der Waals surface area contributed by atoms with Gasteiger partial charge in [0.15, 0.2) is 5.78 Å².